The van der Waals surface area contributed by atoms with Crippen LogP contribution in [0.15, 0.2) is 60.7 Å². The molecule has 1 aliphatic rings. The van der Waals surface area contributed by atoms with Gasteiger partial charge in [-0.25, -0.2) is 9.59 Å². The summed E-state index contributed by atoms with van der Waals surface area (Å²) in [4.78, 5) is 26.4. The van der Waals surface area contributed by atoms with Crippen molar-refractivity contribution in [2.45, 2.75) is 49.3 Å². The normalized spacial score (nSPS) is 24.5. The molecule has 1 saturated carbocycles. The second-order valence-corrected chi connectivity index (χ2v) is 8.06. The highest BCUT2D eigenvalue weighted by Gasteiger charge is 2.65. The lowest BCUT2D eigenvalue weighted by molar-refractivity contribution is -0.246. The maximum Gasteiger partial charge on any atom is 0.329 e. The number of carbonyl (C=O) groups excluding carboxylic acids is 2. The first-order valence-electron chi connectivity index (χ1n) is 10.4. The van der Waals surface area contributed by atoms with Crippen LogP contribution in [0, 0.1) is 0 Å². The average molecular weight is 443 g/mol. The summed E-state index contributed by atoms with van der Waals surface area (Å²) >= 11 is 0. The lowest BCUT2D eigenvalue weighted by Crippen LogP contribution is -2.78. The number of hydrogen-bond donors (Lipinski definition) is 2. The lowest BCUT2D eigenvalue weighted by atomic mass is 9.65. The van der Waals surface area contributed by atoms with Gasteiger partial charge in [-0.1, -0.05) is 60.7 Å². The van der Waals surface area contributed by atoms with Crippen LogP contribution in [0.3, 0.4) is 0 Å². The minimum Gasteiger partial charge on any atom is -0.459 e. The van der Waals surface area contributed by atoms with Crippen LogP contribution >= 0.6 is 0 Å². The molecular formula is C24H30N2O6. The molecule has 2 aromatic carbocycles. The minimum absolute atomic E-state index is 0.00741. The van der Waals surface area contributed by atoms with Crippen molar-refractivity contribution in [2.24, 2.45) is 11.5 Å². The second kappa shape index (κ2) is 9.79. The molecule has 8 heteroatoms. The van der Waals surface area contributed by atoms with Crippen LogP contribution in [0.5, 0.6) is 0 Å². The van der Waals surface area contributed by atoms with E-state index in [1.807, 2.05) is 60.7 Å². The molecule has 0 spiro atoms. The molecular weight excluding hydrogens is 412 g/mol. The van der Waals surface area contributed by atoms with Crippen LogP contribution in [-0.4, -0.2) is 43.0 Å². The predicted molar refractivity (Wildman–Crippen MR) is 117 cm³/mol. The fourth-order valence-electron chi connectivity index (χ4n) is 3.96. The van der Waals surface area contributed by atoms with Crippen molar-refractivity contribution < 1.29 is 28.5 Å². The number of esters is 2. The molecule has 8 nitrogen and oxygen atoms in total. The van der Waals surface area contributed by atoms with Gasteiger partial charge in [0.05, 0.1) is 0 Å². The highest BCUT2D eigenvalue weighted by atomic mass is 16.7. The van der Waals surface area contributed by atoms with E-state index < -0.39 is 28.8 Å². The second-order valence-electron chi connectivity index (χ2n) is 8.06. The summed E-state index contributed by atoms with van der Waals surface area (Å²) in [5.74, 6) is -2.77. The first-order chi connectivity index (χ1) is 15.3. The largest absolute Gasteiger partial charge is 0.459 e. The Balaban J connectivity index is 1.84. The van der Waals surface area contributed by atoms with Crippen molar-refractivity contribution >= 4 is 11.9 Å². The number of ether oxygens (including phenoxy) is 4. The van der Waals surface area contributed by atoms with E-state index in [0.29, 0.717) is 0 Å². The zero-order valence-electron chi connectivity index (χ0n) is 18.4. The smallest absolute Gasteiger partial charge is 0.329 e. The molecule has 1 fully saturated rings. The van der Waals surface area contributed by atoms with Gasteiger partial charge in [0.15, 0.2) is 5.79 Å². The van der Waals surface area contributed by atoms with Crippen molar-refractivity contribution in [2.75, 3.05) is 14.2 Å². The Morgan fingerprint density at radius 2 is 1.19 bits per heavy atom. The van der Waals surface area contributed by atoms with Gasteiger partial charge in [0.1, 0.15) is 24.3 Å². The van der Waals surface area contributed by atoms with Crippen LogP contribution in [-0.2, 0) is 41.8 Å². The SMILES string of the molecule is COC1(OC)CCC(N)(C(=O)OCc2ccccc2)C(N)(C(=O)OCc2ccccc2)C1. The molecule has 0 bridgehead atoms. The third-order valence-electron chi connectivity index (χ3n) is 6.14. The zero-order valence-corrected chi connectivity index (χ0v) is 18.4. The van der Waals surface area contributed by atoms with Crippen LogP contribution in [0.2, 0.25) is 0 Å². The van der Waals surface area contributed by atoms with Crippen LogP contribution in [0.25, 0.3) is 0 Å². The summed E-state index contributed by atoms with van der Waals surface area (Å²) in [6.07, 6.45) is 0.0959. The zero-order chi connectivity index (χ0) is 23.2. The van der Waals surface area contributed by atoms with E-state index in [9.17, 15) is 9.59 Å². The Labute approximate surface area is 187 Å². The van der Waals surface area contributed by atoms with Gasteiger partial charge in [-0.15, -0.1) is 0 Å². The van der Waals surface area contributed by atoms with E-state index >= 15 is 0 Å². The summed E-state index contributed by atoms with van der Waals surface area (Å²) in [6, 6.07) is 18.3. The Morgan fingerprint density at radius 3 is 1.62 bits per heavy atom. The predicted octanol–water partition coefficient (Wildman–Crippen LogP) is 2.04. The first-order valence-corrected chi connectivity index (χ1v) is 10.4. The molecule has 0 heterocycles. The molecule has 2 aromatic rings. The quantitative estimate of drug-likeness (QED) is 0.470. The van der Waals surface area contributed by atoms with E-state index in [2.05, 4.69) is 0 Å². The summed E-state index contributed by atoms with van der Waals surface area (Å²) < 4.78 is 22.0. The van der Waals surface area contributed by atoms with Gasteiger partial charge in [0.2, 0.25) is 0 Å². The molecule has 0 saturated heterocycles. The molecule has 0 aromatic heterocycles. The molecule has 32 heavy (non-hydrogen) atoms. The maximum absolute atomic E-state index is 13.3. The third kappa shape index (κ3) is 4.68. The topological polar surface area (TPSA) is 123 Å². The van der Waals surface area contributed by atoms with Crippen molar-refractivity contribution in [3.8, 4) is 0 Å². The van der Waals surface area contributed by atoms with Crippen molar-refractivity contribution in [1.82, 2.24) is 0 Å². The number of hydrogen-bond acceptors (Lipinski definition) is 8. The number of carbonyl (C=O) groups is 2. The molecule has 172 valence electrons. The van der Waals surface area contributed by atoms with Gasteiger partial charge in [-0.3, -0.25) is 0 Å². The Morgan fingerprint density at radius 1 is 0.750 bits per heavy atom. The molecule has 4 N–H and O–H groups in total. The highest BCUT2D eigenvalue weighted by Crippen LogP contribution is 2.43. The summed E-state index contributed by atoms with van der Waals surface area (Å²) in [7, 11) is 2.91. The van der Waals surface area contributed by atoms with E-state index in [1.165, 1.54) is 14.2 Å². The standard InChI is InChI=1S/C24H30N2O6/c1-29-22(30-2)13-14-23(25,20(27)31-15-18-9-5-3-6-10-18)24(26,17-22)21(28)32-16-19-11-7-4-8-12-19/h3-12H,13-17,25-26H2,1-2H3. The third-order valence-corrected chi connectivity index (χ3v) is 6.14. The van der Waals surface area contributed by atoms with Gasteiger partial charge in [-0.05, 0) is 17.5 Å². The molecule has 2 atom stereocenters. The first kappa shape index (κ1) is 23.9. The summed E-state index contributed by atoms with van der Waals surface area (Å²) in [5, 5.41) is 0. The summed E-state index contributed by atoms with van der Waals surface area (Å²) in [5.41, 5.74) is 10.9. The van der Waals surface area contributed by atoms with Gasteiger partial charge in [-0.2, -0.15) is 0 Å². The molecule has 3 rings (SSSR count). The average Bonchev–Trinajstić information content (AvgIpc) is 2.84. The Bertz CT molecular complexity index is 919. The number of rotatable bonds is 8. The van der Waals surface area contributed by atoms with Gasteiger partial charge in [0.25, 0.3) is 0 Å². The number of benzene rings is 2. The molecule has 1 aliphatic carbocycles. The lowest BCUT2D eigenvalue weighted by Gasteiger charge is -2.51. The molecule has 0 amide bonds. The number of methoxy groups -OCH3 is 2. The van der Waals surface area contributed by atoms with E-state index in [4.69, 9.17) is 30.4 Å². The summed E-state index contributed by atoms with van der Waals surface area (Å²) in [6.45, 7) is -0.00576. The Hall–Kier alpha value is -2.78. The Kier molecular flexibility index (Phi) is 7.30. The fraction of sp³-hybridized carbons (Fsp3) is 0.417. The fourth-order valence-corrected chi connectivity index (χ4v) is 3.96. The molecule has 0 radical (unpaired) electrons. The van der Waals surface area contributed by atoms with Crippen molar-refractivity contribution in [3.05, 3.63) is 71.8 Å². The van der Waals surface area contributed by atoms with Gasteiger partial charge in [0, 0.05) is 27.1 Å². The minimum atomic E-state index is -1.93. The molecule has 2 unspecified atom stereocenters. The van der Waals surface area contributed by atoms with E-state index in [-0.39, 0.29) is 32.5 Å². The maximum atomic E-state index is 13.3. The van der Waals surface area contributed by atoms with E-state index in [1.54, 1.807) is 0 Å². The van der Waals surface area contributed by atoms with Crippen LogP contribution < -0.4 is 11.5 Å². The van der Waals surface area contributed by atoms with Crippen molar-refractivity contribution in [1.29, 1.82) is 0 Å². The number of nitrogens with two attached hydrogens (primary N) is 2. The van der Waals surface area contributed by atoms with Gasteiger partial charge < -0.3 is 30.4 Å². The van der Waals surface area contributed by atoms with Crippen molar-refractivity contribution in [3.63, 3.8) is 0 Å². The van der Waals surface area contributed by atoms with Crippen LogP contribution in [0.4, 0.5) is 0 Å². The van der Waals surface area contributed by atoms with Gasteiger partial charge >= 0.3 is 11.9 Å². The van der Waals surface area contributed by atoms with E-state index in [0.717, 1.165) is 11.1 Å². The van der Waals surface area contributed by atoms with Crippen LogP contribution in [0.1, 0.15) is 30.4 Å². The molecule has 0 aliphatic heterocycles. The monoisotopic (exact) mass is 442 g/mol. The highest BCUT2D eigenvalue weighted by molar-refractivity contribution is 5.95.